The molecule has 0 radical (unpaired) electrons. The number of carbonyl (C=O) groups excluding carboxylic acids is 2. The van der Waals surface area contributed by atoms with Crippen molar-refractivity contribution in [3.05, 3.63) is 34.9 Å². The van der Waals surface area contributed by atoms with Gasteiger partial charge in [-0.15, -0.1) is 0 Å². The second kappa shape index (κ2) is 7.93. The standard InChI is InChI=1S/C17H26N2O2/c1-12(2)9-18-17(21)11-19(5)10-16(20)15-7-6-13(3)8-14(15)4/h6-8,12H,9-11H2,1-5H3,(H,18,21). The van der Waals surface area contributed by atoms with Crippen LogP contribution in [0.4, 0.5) is 0 Å². The third-order valence-corrected chi connectivity index (χ3v) is 3.22. The van der Waals surface area contributed by atoms with Crippen molar-refractivity contribution in [2.45, 2.75) is 27.7 Å². The van der Waals surface area contributed by atoms with Gasteiger partial charge in [-0.05, 0) is 32.4 Å². The van der Waals surface area contributed by atoms with Gasteiger partial charge in [0.2, 0.25) is 5.91 Å². The molecule has 0 saturated heterocycles. The SMILES string of the molecule is Cc1ccc(C(=O)CN(C)CC(=O)NCC(C)C)c(C)c1. The smallest absolute Gasteiger partial charge is 0.234 e. The van der Waals surface area contributed by atoms with Crippen LogP contribution in [0, 0.1) is 19.8 Å². The van der Waals surface area contributed by atoms with Crippen LogP contribution in [0.25, 0.3) is 0 Å². The Hall–Kier alpha value is -1.68. The molecule has 0 fully saturated rings. The number of hydrogen-bond acceptors (Lipinski definition) is 3. The highest BCUT2D eigenvalue weighted by Crippen LogP contribution is 2.11. The number of benzene rings is 1. The molecule has 0 aromatic heterocycles. The maximum atomic E-state index is 12.3. The van der Waals surface area contributed by atoms with E-state index in [1.54, 1.807) is 11.9 Å². The van der Waals surface area contributed by atoms with E-state index < -0.39 is 0 Å². The Labute approximate surface area is 127 Å². The quantitative estimate of drug-likeness (QED) is 0.783. The number of nitrogens with zero attached hydrogens (tertiary/aromatic N) is 1. The summed E-state index contributed by atoms with van der Waals surface area (Å²) in [4.78, 5) is 25.7. The van der Waals surface area contributed by atoms with Gasteiger partial charge in [0.15, 0.2) is 5.78 Å². The molecule has 0 aliphatic carbocycles. The Balaban J connectivity index is 2.52. The second-order valence-electron chi connectivity index (χ2n) is 6.11. The molecule has 21 heavy (non-hydrogen) atoms. The maximum Gasteiger partial charge on any atom is 0.234 e. The predicted molar refractivity (Wildman–Crippen MR) is 85.6 cm³/mol. The number of Topliss-reactive ketones (excluding diaryl/α,β-unsaturated/α-hetero) is 1. The van der Waals surface area contributed by atoms with Gasteiger partial charge in [-0.1, -0.05) is 37.6 Å². The van der Waals surface area contributed by atoms with Crippen molar-refractivity contribution >= 4 is 11.7 Å². The number of hydrogen-bond donors (Lipinski definition) is 1. The van der Waals surface area contributed by atoms with E-state index in [-0.39, 0.29) is 24.8 Å². The Kier molecular flexibility index (Phi) is 6.56. The average Bonchev–Trinajstić information content (AvgIpc) is 2.35. The molecule has 1 rings (SSSR count). The first-order chi connectivity index (χ1) is 9.79. The van der Waals surface area contributed by atoms with Gasteiger partial charge < -0.3 is 5.32 Å². The van der Waals surface area contributed by atoms with Crippen molar-refractivity contribution in [2.75, 3.05) is 26.7 Å². The molecule has 0 saturated carbocycles. The molecule has 4 nitrogen and oxygen atoms in total. The number of ketones is 1. The van der Waals surface area contributed by atoms with E-state index in [4.69, 9.17) is 0 Å². The molecule has 1 N–H and O–H groups in total. The number of likely N-dealkylation sites (N-methyl/N-ethyl adjacent to an activating group) is 1. The summed E-state index contributed by atoms with van der Waals surface area (Å²) in [5.41, 5.74) is 2.86. The fourth-order valence-corrected chi connectivity index (χ4v) is 2.13. The monoisotopic (exact) mass is 290 g/mol. The summed E-state index contributed by atoms with van der Waals surface area (Å²) in [6, 6.07) is 5.80. The van der Waals surface area contributed by atoms with E-state index in [0.717, 1.165) is 16.7 Å². The summed E-state index contributed by atoms with van der Waals surface area (Å²) < 4.78 is 0. The van der Waals surface area contributed by atoms with E-state index >= 15 is 0 Å². The largest absolute Gasteiger partial charge is 0.355 e. The summed E-state index contributed by atoms with van der Waals surface area (Å²) in [5.74, 6) is 0.433. The van der Waals surface area contributed by atoms with Crippen LogP contribution in [0.15, 0.2) is 18.2 Å². The first kappa shape index (κ1) is 17.4. The average molecular weight is 290 g/mol. The fraction of sp³-hybridized carbons (Fsp3) is 0.529. The predicted octanol–water partition coefficient (Wildman–Crippen LogP) is 2.19. The zero-order valence-corrected chi connectivity index (χ0v) is 13.7. The molecular formula is C17H26N2O2. The van der Waals surface area contributed by atoms with E-state index in [0.29, 0.717) is 12.5 Å². The van der Waals surface area contributed by atoms with Crippen LogP contribution < -0.4 is 5.32 Å². The van der Waals surface area contributed by atoms with Crippen LogP contribution in [0.2, 0.25) is 0 Å². The van der Waals surface area contributed by atoms with Crippen molar-refractivity contribution in [3.8, 4) is 0 Å². The molecule has 0 aliphatic heterocycles. The molecule has 116 valence electrons. The molecule has 1 amide bonds. The Morgan fingerprint density at radius 1 is 1.19 bits per heavy atom. The van der Waals surface area contributed by atoms with Gasteiger partial charge >= 0.3 is 0 Å². The molecule has 0 bridgehead atoms. The lowest BCUT2D eigenvalue weighted by Gasteiger charge is -2.17. The summed E-state index contributed by atoms with van der Waals surface area (Å²) in [7, 11) is 1.79. The van der Waals surface area contributed by atoms with Crippen molar-refractivity contribution in [3.63, 3.8) is 0 Å². The number of rotatable bonds is 7. The number of aryl methyl sites for hydroxylation is 2. The minimum absolute atomic E-state index is 0.0420. The summed E-state index contributed by atoms with van der Waals surface area (Å²) in [6.45, 7) is 9.20. The zero-order valence-electron chi connectivity index (χ0n) is 13.7. The van der Waals surface area contributed by atoms with Crippen molar-refractivity contribution in [2.24, 2.45) is 5.92 Å². The first-order valence-corrected chi connectivity index (χ1v) is 7.35. The van der Waals surface area contributed by atoms with Crippen molar-refractivity contribution in [1.82, 2.24) is 10.2 Å². The molecule has 0 unspecified atom stereocenters. The minimum Gasteiger partial charge on any atom is -0.355 e. The normalized spacial score (nSPS) is 11.0. The number of carbonyl (C=O) groups is 2. The number of amides is 1. The Morgan fingerprint density at radius 3 is 2.43 bits per heavy atom. The Bertz CT molecular complexity index is 510. The molecule has 1 aromatic rings. The van der Waals surface area contributed by atoms with Crippen LogP contribution >= 0.6 is 0 Å². The van der Waals surface area contributed by atoms with E-state index in [1.807, 2.05) is 45.9 Å². The van der Waals surface area contributed by atoms with Gasteiger partial charge in [0, 0.05) is 12.1 Å². The van der Waals surface area contributed by atoms with Crippen LogP contribution in [-0.2, 0) is 4.79 Å². The van der Waals surface area contributed by atoms with Crippen LogP contribution in [0.3, 0.4) is 0 Å². The van der Waals surface area contributed by atoms with Crippen LogP contribution in [0.1, 0.15) is 35.3 Å². The first-order valence-electron chi connectivity index (χ1n) is 7.35. The summed E-state index contributed by atoms with van der Waals surface area (Å²) >= 11 is 0. The topological polar surface area (TPSA) is 49.4 Å². The van der Waals surface area contributed by atoms with Gasteiger partial charge in [-0.2, -0.15) is 0 Å². The van der Waals surface area contributed by atoms with Crippen LogP contribution in [0.5, 0.6) is 0 Å². The van der Waals surface area contributed by atoms with Crippen molar-refractivity contribution in [1.29, 1.82) is 0 Å². The molecule has 4 heteroatoms. The lowest BCUT2D eigenvalue weighted by atomic mass is 10.0. The zero-order chi connectivity index (χ0) is 16.0. The molecule has 1 aromatic carbocycles. The summed E-state index contributed by atoms with van der Waals surface area (Å²) in [6.07, 6.45) is 0. The third kappa shape index (κ3) is 6.08. The highest BCUT2D eigenvalue weighted by atomic mass is 16.2. The summed E-state index contributed by atoms with van der Waals surface area (Å²) in [5, 5.41) is 2.85. The highest BCUT2D eigenvalue weighted by molar-refractivity contribution is 5.99. The van der Waals surface area contributed by atoms with E-state index in [9.17, 15) is 9.59 Å². The van der Waals surface area contributed by atoms with Gasteiger partial charge in [0.05, 0.1) is 13.1 Å². The molecule has 0 spiro atoms. The lowest BCUT2D eigenvalue weighted by Crippen LogP contribution is -2.38. The van der Waals surface area contributed by atoms with Gasteiger partial charge in [-0.3, -0.25) is 14.5 Å². The van der Waals surface area contributed by atoms with E-state index in [1.165, 1.54) is 0 Å². The van der Waals surface area contributed by atoms with Gasteiger partial charge in [0.1, 0.15) is 0 Å². The molecular weight excluding hydrogens is 264 g/mol. The number of nitrogens with one attached hydrogen (secondary N) is 1. The third-order valence-electron chi connectivity index (χ3n) is 3.22. The maximum absolute atomic E-state index is 12.3. The van der Waals surface area contributed by atoms with Gasteiger partial charge in [-0.25, -0.2) is 0 Å². The van der Waals surface area contributed by atoms with E-state index in [2.05, 4.69) is 5.32 Å². The minimum atomic E-state index is -0.0420. The second-order valence-corrected chi connectivity index (χ2v) is 6.11. The fourth-order valence-electron chi connectivity index (χ4n) is 2.13. The van der Waals surface area contributed by atoms with Crippen molar-refractivity contribution < 1.29 is 9.59 Å². The van der Waals surface area contributed by atoms with Crippen LogP contribution in [-0.4, -0.2) is 43.3 Å². The molecule has 0 heterocycles. The highest BCUT2D eigenvalue weighted by Gasteiger charge is 2.14. The molecule has 0 aliphatic rings. The lowest BCUT2D eigenvalue weighted by molar-refractivity contribution is -0.121. The molecule has 0 atom stereocenters. The van der Waals surface area contributed by atoms with Gasteiger partial charge in [0.25, 0.3) is 0 Å². The Morgan fingerprint density at radius 2 is 1.86 bits per heavy atom.